The van der Waals surface area contributed by atoms with Gasteiger partial charge in [-0.05, 0) is 37.8 Å². The molecule has 1 heterocycles. The van der Waals surface area contributed by atoms with Crippen molar-refractivity contribution in [3.05, 3.63) is 41.6 Å². The normalized spacial score (nSPS) is 15.0. The first-order valence-corrected chi connectivity index (χ1v) is 9.22. The summed E-state index contributed by atoms with van der Waals surface area (Å²) in [7, 11) is 1.71. The van der Waals surface area contributed by atoms with E-state index in [-0.39, 0.29) is 0 Å². The largest absolute Gasteiger partial charge is 0.496 e. The molecule has 0 saturated heterocycles. The number of rotatable bonds is 7. The van der Waals surface area contributed by atoms with E-state index in [1.165, 1.54) is 37.7 Å². The highest BCUT2D eigenvalue weighted by Crippen LogP contribution is 2.22. The maximum Gasteiger partial charge on any atom is 0.224 e. The number of hydrogen-bond acceptors (Lipinski definition) is 5. The number of hydrogen-bond donors (Lipinski definition) is 2. The molecule has 0 spiro atoms. The summed E-state index contributed by atoms with van der Waals surface area (Å²) < 4.78 is 5.40. The maximum absolute atomic E-state index is 5.40. The topological polar surface area (TPSA) is 59.1 Å². The fourth-order valence-corrected chi connectivity index (χ4v) is 3.40. The van der Waals surface area contributed by atoms with E-state index in [2.05, 4.69) is 26.7 Å². The average Bonchev–Trinajstić information content (AvgIpc) is 2.62. The van der Waals surface area contributed by atoms with Crippen LogP contribution in [0.1, 0.15) is 43.4 Å². The van der Waals surface area contributed by atoms with E-state index >= 15 is 0 Å². The van der Waals surface area contributed by atoms with Crippen LogP contribution in [0.3, 0.4) is 0 Å². The van der Waals surface area contributed by atoms with Crippen molar-refractivity contribution in [2.45, 2.75) is 51.5 Å². The summed E-state index contributed by atoms with van der Waals surface area (Å²) in [6, 6.07) is 10.7. The Morgan fingerprint density at radius 1 is 1.12 bits per heavy atom. The van der Waals surface area contributed by atoms with Gasteiger partial charge < -0.3 is 15.4 Å². The number of aromatic nitrogens is 2. The molecule has 2 aromatic rings. The number of aryl methyl sites for hydroxylation is 1. The molecule has 1 aliphatic rings. The van der Waals surface area contributed by atoms with Crippen LogP contribution in [0.25, 0.3) is 0 Å². The molecular weight excluding hydrogens is 312 g/mol. The molecule has 3 rings (SSSR count). The summed E-state index contributed by atoms with van der Waals surface area (Å²) in [5.41, 5.74) is 2.17. The van der Waals surface area contributed by atoms with Crippen molar-refractivity contribution < 1.29 is 4.74 Å². The standard InChI is InChI=1S/C20H28N4O/c1-15-14-19(23-17-9-4-3-5-10-17)24-20(22-15)21-13-12-16-8-6-7-11-18(16)25-2/h6-8,11,14,17H,3-5,9-10,12-13H2,1-2H3,(H2,21,22,23,24). The molecule has 1 fully saturated rings. The SMILES string of the molecule is COc1ccccc1CCNc1nc(C)cc(NC2CCCCC2)n1. The van der Waals surface area contributed by atoms with Crippen molar-refractivity contribution in [2.75, 3.05) is 24.3 Å². The molecule has 5 nitrogen and oxygen atoms in total. The fourth-order valence-electron chi connectivity index (χ4n) is 3.40. The summed E-state index contributed by atoms with van der Waals surface area (Å²) in [5, 5.41) is 6.92. The minimum absolute atomic E-state index is 0.546. The molecule has 1 aliphatic carbocycles. The number of methoxy groups -OCH3 is 1. The lowest BCUT2D eigenvalue weighted by Crippen LogP contribution is -2.23. The number of anilines is 2. The van der Waals surface area contributed by atoms with Gasteiger partial charge in [-0.15, -0.1) is 0 Å². The second-order valence-corrected chi connectivity index (χ2v) is 6.69. The molecule has 1 aromatic heterocycles. The van der Waals surface area contributed by atoms with Crippen LogP contribution in [0.4, 0.5) is 11.8 Å². The van der Waals surface area contributed by atoms with Gasteiger partial charge in [-0.25, -0.2) is 4.98 Å². The molecule has 0 amide bonds. The number of benzene rings is 1. The number of ether oxygens (including phenoxy) is 1. The first-order valence-electron chi connectivity index (χ1n) is 9.22. The van der Waals surface area contributed by atoms with Crippen molar-refractivity contribution in [1.82, 2.24) is 9.97 Å². The van der Waals surface area contributed by atoms with Gasteiger partial charge in [0.2, 0.25) is 5.95 Å². The van der Waals surface area contributed by atoms with Gasteiger partial charge in [0.1, 0.15) is 11.6 Å². The van der Waals surface area contributed by atoms with Gasteiger partial charge in [0.25, 0.3) is 0 Å². The Bertz CT molecular complexity index is 683. The molecule has 25 heavy (non-hydrogen) atoms. The van der Waals surface area contributed by atoms with Crippen LogP contribution in [0.2, 0.25) is 0 Å². The minimum Gasteiger partial charge on any atom is -0.496 e. The predicted octanol–water partition coefficient (Wildman–Crippen LogP) is 4.19. The summed E-state index contributed by atoms with van der Waals surface area (Å²) in [5.74, 6) is 2.54. The molecule has 0 radical (unpaired) electrons. The Labute approximate surface area is 150 Å². The zero-order valence-electron chi connectivity index (χ0n) is 15.2. The zero-order valence-corrected chi connectivity index (χ0v) is 15.2. The highest BCUT2D eigenvalue weighted by molar-refractivity contribution is 5.43. The van der Waals surface area contributed by atoms with E-state index < -0.39 is 0 Å². The van der Waals surface area contributed by atoms with Crippen molar-refractivity contribution >= 4 is 11.8 Å². The Morgan fingerprint density at radius 2 is 1.92 bits per heavy atom. The van der Waals surface area contributed by atoms with Crippen LogP contribution in [0, 0.1) is 6.92 Å². The lowest BCUT2D eigenvalue weighted by atomic mass is 9.95. The first-order chi connectivity index (χ1) is 12.2. The molecule has 0 atom stereocenters. The van der Waals surface area contributed by atoms with Crippen LogP contribution in [0.5, 0.6) is 5.75 Å². The number of para-hydroxylation sites is 1. The second-order valence-electron chi connectivity index (χ2n) is 6.69. The monoisotopic (exact) mass is 340 g/mol. The molecule has 5 heteroatoms. The third kappa shape index (κ3) is 5.08. The molecule has 2 N–H and O–H groups in total. The molecule has 1 saturated carbocycles. The molecular formula is C20H28N4O. The van der Waals surface area contributed by atoms with Crippen molar-refractivity contribution in [1.29, 1.82) is 0 Å². The second kappa shape index (κ2) is 8.70. The predicted molar refractivity (Wildman–Crippen MR) is 102 cm³/mol. The molecule has 0 unspecified atom stereocenters. The van der Waals surface area contributed by atoms with Crippen LogP contribution in [0.15, 0.2) is 30.3 Å². The Kier molecular flexibility index (Phi) is 6.09. The summed E-state index contributed by atoms with van der Waals surface area (Å²) in [6.45, 7) is 2.78. The minimum atomic E-state index is 0.546. The Morgan fingerprint density at radius 3 is 2.72 bits per heavy atom. The third-order valence-corrected chi connectivity index (χ3v) is 4.68. The summed E-state index contributed by atoms with van der Waals surface area (Å²) in [4.78, 5) is 9.14. The van der Waals surface area contributed by atoms with Gasteiger partial charge in [0, 0.05) is 24.3 Å². The van der Waals surface area contributed by atoms with Crippen molar-refractivity contribution in [3.63, 3.8) is 0 Å². The lowest BCUT2D eigenvalue weighted by Gasteiger charge is -2.23. The highest BCUT2D eigenvalue weighted by atomic mass is 16.5. The van der Waals surface area contributed by atoms with Crippen molar-refractivity contribution in [3.8, 4) is 5.75 Å². The lowest BCUT2D eigenvalue weighted by molar-refractivity contribution is 0.410. The van der Waals surface area contributed by atoms with Gasteiger partial charge in [0.05, 0.1) is 7.11 Å². The maximum atomic E-state index is 5.40. The number of nitrogens with zero attached hydrogens (tertiary/aromatic N) is 2. The highest BCUT2D eigenvalue weighted by Gasteiger charge is 2.14. The summed E-state index contributed by atoms with van der Waals surface area (Å²) in [6.07, 6.45) is 7.32. The molecule has 0 aliphatic heterocycles. The summed E-state index contributed by atoms with van der Waals surface area (Å²) >= 11 is 0. The first kappa shape index (κ1) is 17.5. The van der Waals surface area contributed by atoms with Gasteiger partial charge in [-0.3, -0.25) is 0 Å². The van der Waals surface area contributed by atoms with Gasteiger partial charge in [-0.2, -0.15) is 4.98 Å². The third-order valence-electron chi connectivity index (χ3n) is 4.68. The van der Waals surface area contributed by atoms with Crippen LogP contribution in [-0.2, 0) is 6.42 Å². The van der Waals surface area contributed by atoms with E-state index in [4.69, 9.17) is 4.74 Å². The van der Waals surface area contributed by atoms with Crippen LogP contribution < -0.4 is 15.4 Å². The zero-order chi connectivity index (χ0) is 17.5. The smallest absolute Gasteiger partial charge is 0.224 e. The van der Waals surface area contributed by atoms with E-state index in [1.807, 2.05) is 31.2 Å². The molecule has 134 valence electrons. The van der Waals surface area contributed by atoms with Crippen molar-refractivity contribution in [2.24, 2.45) is 0 Å². The fraction of sp³-hybridized carbons (Fsp3) is 0.500. The van der Waals surface area contributed by atoms with E-state index in [0.717, 1.165) is 30.2 Å². The Balaban J connectivity index is 1.58. The van der Waals surface area contributed by atoms with E-state index in [0.29, 0.717) is 12.0 Å². The Hall–Kier alpha value is -2.30. The number of nitrogens with one attached hydrogen (secondary N) is 2. The molecule has 1 aromatic carbocycles. The van der Waals surface area contributed by atoms with Crippen LogP contribution >= 0.6 is 0 Å². The van der Waals surface area contributed by atoms with E-state index in [1.54, 1.807) is 7.11 Å². The quantitative estimate of drug-likeness (QED) is 0.791. The molecule has 0 bridgehead atoms. The van der Waals surface area contributed by atoms with Crippen LogP contribution in [-0.4, -0.2) is 29.7 Å². The van der Waals surface area contributed by atoms with E-state index in [9.17, 15) is 0 Å². The van der Waals surface area contributed by atoms with Gasteiger partial charge in [-0.1, -0.05) is 37.5 Å². The van der Waals surface area contributed by atoms with Gasteiger partial charge in [0.15, 0.2) is 0 Å². The van der Waals surface area contributed by atoms with Gasteiger partial charge >= 0.3 is 0 Å². The average molecular weight is 340 g/mol.